The van der Waals surface area contributed by atoms with Crippen molar-refractivity contribution in [3.05, 3.63) is 51.5 Å². The van der Waals surface area contributed by atoms with Crippen LogP contribution < -0.4 is 15.3 Å². The normalized spacial score (nSPS) is 25.3. The van der Waals surface area contributed by atoms with Gasteiger partial charge in [0.05, 0.1) is 22.6 Å². The van der Waals surface area contributed by atoms with E-state index in [1.54, 1.807) is 9.47 Å². The molecule has 3 aliphatic rings. The highest BCUT2D eigenvalue weighted by Crippen LogP contribution is 2.39. The Morgan fingerprint density at radius 2 is 2.19 bits per heavy atom. The molecule has 166 valence electrons. The summed E-state index contributed by atoms with van der Waals surface area (Å²) in [5.74, 6) is -0.572. The zero-order valence-corrected chi connectivity index (χ0v) is 19.0. The van der Waals surface area contributed by atoms with Crippen LogP contribution in [-0.4, -0.2) is 46.7 Å². The molecule has 0 radical (unpaired) electrons. The monoisotopic (exact) mass is 445 g/mol. The minimum atomic E-state index is -0.596. The number of hydrogen-bond donors (Lipinski definition) is 1. The molecule has 1 aromatic heterocycles. The van der Waals surface area contributed by atoms with Crippen molar-refractivity contribution in [3.8, 4) is 5.75 Å². The van der Waals surface area contributed by atoms with E-state index in [2.05, 4.69) is 5.32 Å². The topological polar surface area (TPSA) is 89.9 Å². The zero-order chi connectivity index (χ0) is 22.1. The van der Waals surface area contributed by atoms with Crippen LogP contribution in [0.2, 0.25) is 0 Å². The third-order valence-electron chi connectivity index (χ3n) is 6.28. The Kier molecular flexibility index (Phi) is 6.30. The number of rotatable bonds is 5. The Labute approximate surface area is 183 Å². The molecule has 1 saturated carbocycles. The first-order chi connectivity index (χ1) is 15.0. The molecule has 4 atom stereocenters. The molecule has 2 fully saturated rings. The maximum absolute atomic E-state index is 13.4. The molecule has 1 N–H and O–H groups in total. The molecule has 1 saturated heterocycles. The SMILES string of the molecule is C/C=C\C=C(/C)CNC(=O)c1cn2c(c(OP)c1=O)C(=O)N1[C@@H](C2)OC[C@@H]2CCC[C@@H]21. The highest BCUT2D eigenvalue weighted by molar-refractivity contribution is 7.10. The van der Waals surface area contributed by atoms with E-state index < -0.39 is 17.6 Å². The molecule has 1 aromatic rings. The van der Waals surface area contributed by atoms with Crippen LogP contribution in [0.5, 0.6) is 5.75 Å². The maximum Gasteiger partial charge on any atom is 0.276 e. The van der Waals surface area contributed by atoms with E-state index in [9.17, 15) is 14.4 Å². The van der Waals surface area contributed by atoms with Gasteiger partial charge in [-0.05, 0) is 26.7 Å². The van der Waals surface area contributed by atoms with Crippen LogP contribution in [0.4, 0.5) is 0 Å². The second-order valence-corrected chi connectivity index (χ2v) is 8.54. The third-order valence-corrected chi connectivity index (χ3v) is 6.52. The second kappa shape index (κ2) is 8.97. The van der Waals surface area contributed by atoms with Gasteiger partial charge < -0.3 is 24.0 Å². The Morgan fingerprint density at radius 1 is 1.39 bits per heavy atom. The molecule has 0 aromatic carbocycles. The second-order valence-electron chi connectivity index (χ2n) is 8.30. The third kappa shape index (κ3) is 3.94. The number of allylic oxidation sites excluding steroid dienone is 3. The van der Waals surface area contributed by atoms with E-state index in [-0.39, 0.29) is 29.0 Å². The standard InChI is InChI=1S/C22H28N3O5P/c1-3-4-6-13(2)9-23-21(27)15-10-24-11-17-25(16-8-5-7-14(16)12-29-17)22(28)18(24)20(30-31)19(15)26/h3-4,6,10,14,16-17H,5,7-9,11-12,31H2,1-2H3,(H,23,27)/b4-3-,13-6+/t14-,16-,17+/m0/s1. The summed E-state index contributed by atoms with van der Waals surface area (Å²) >= 11 is 0. The van der Waals surface area contributed by atoms with Crippen LogP contribution in [0.15, 0.2) is 34.8 Å². The van der Waals surface area contributed by atoms with Crippen LogP contribution in [0.3, 0.4) is 0 Å². The average Bonchev–Trinajstić information content (AvgIpc) is 3.24. The maximum atomic E-state index is 13.4. The largest absolute Gasteiger partial charge is 0.474 e. The predicted octanol–water partition coefficient (Wildman–Crippen LogP) is 2.25. The highest BCUT2D eigenvalue weighted by Gasteiger charge is 2.47. The number of fused-ring (bicyclic) bond motifs is 4. The van der Waals surface area contributed by atoms with Gasteiger partial charge in [0, 0.05) is 24.7 Å². The summed E-state index contributed by atoms with van der Waals surface area (Å²) < 4.78 is 12.9. The van der Waals surface area contributed by atoms with Crippen molar-refractivity contribution in [1.29, 1.82) is 0 Å². The number of hydrogen-bond acceptors (Lipinski definition) is 5. The van der Waals surface area contributed by atoms with Crippen LogP contribution >= 0.6 is 9.47 Å². The Balaban J connectivity index is 1.66. The number of nitrogens with one attached hydrogen (secondary N) is 1. The summed E-state index contributed by atoms with van der Waals surface area (Å²) in [6.07, 6.45) is 9.76. The number of aromatic nitrogens is 1. The summed E-state index contributed by atoms with van der Waals surface area (Å²) in [5.41, 5.74) is 0.463. The number of carbonyl (C=O) groups is 2. The van der Waals surface area contributed by atoms with Crippen molar-refractivity contribution in [2.24, 2.45) is 5.92 Å². The predicted molar refractivity (Wildman–Crippen MR) is 119 cm³/mol. The lowest BCUT2D eigenvalue weighted by atomic mass is 9.98. The van der Waals surface area contributed by atoms with Gasteiger partial charge in [0.25, 0.3) is 11.8 Å². The molecule has 9 heteroatoms. The first-order valence-electron chi connectivity index (χ1n) is 10.6. The molecule has 1 aliphatic carbocycles. The summed E-state index contributed by atoms with van der Waals surface area (Å²) in [5, 5.41) is 2.76. The van der Waals surface area contributed by atoms with Gasteiger partial charge >= 0.3 is 0 Å². The summed E-state index contributed by atoms with van der Waals surface area (Å²) in [4.78, 5) is 41.0. The lowest BCUT2D eigenvalue weighted by Gasteiger charge is -2.46. The van der Waals surface area contributed by atoms with Crippen molar-refractivity contribution < 1.29 is 18.8 Å². The molecule has 2 amide bonds. The van der Waals surface area contributed by atoms with Crippen LogP contribution in [-0.2, 0) is 11.3 Å². The summed E-state index contributed by atoms with van der Waals surface area (Å²) in [6.45, 7) is 5.09. The summed E-state index contributed by atoms with van der Waals surface area (Å²) in [6, 6.07) is 0.127. The number of amides is 2. The lowest BCUT2D eigenvalue weighted by molar-refractivity contribution is -0.134. The van der Waals surface area contributed by atoms with Crippen molar-refractivity contribution in [2.75, 3.05) is 13.2 Å². The van der Waals surface area contributed by atoms with Gasteiger partial charge in [-0.1, -0.05) is 30.2 Å². The Bertz CT molecular complexity index is 1020. The van der Waals surface area contributed by atoms with Crippen LogP contribution in [0, 0.1) is 5.92 Å². The number of pyridine rings is 1. The molecule has 0 bridgehead atoms. The van der Waals surface area contributed by atoms with E-state index in [0.29, 0.717) is 25.6 Å². The average molecular weight is 445 g/mol. The smallest absolute Gasteiger partial charge is 0.276 e. The fourth-order valence-electron chi connectivity index (χ4n) is 4.73. The van der Waals surface area contributed by atoms with Gasteiger partial charge in [0.1, 0.15) is 5.56 Å². The van der Waals surface area contributed by atoms with Crippen molar-refractivity contribution in [3.63, 3.8) is 0 Å². The van der Waals surface area contributed by atoms with Crippen LogP contribution in [0.25, 0.3) is 0 Å². The van der Waals surface area contributed by atoms with Gasteiger partial charge in [-0.15, -0.1) is 0 Å². The van der Waals surface area contributed by atoms with Gasteiger partial charge in [-0.2, -0.15) is 0 Å². The molecule has 4 rings (SSSR count). The molecule has 31 heavy (non-hydrogen) atoms. The first kappa shape index (κ1) is 21.8. The molecule has 2 aliphatic heterocycles. The molecule has 3 heterocycles. The van der Waals surface area contributed by atoms with Gasteiger partial charge in [0.15, 0.2) is 17.7 Å². The molecule has 8 nitrogen and oxygen atoms in total. The van der Waals surface area contributed by atoms with E-state index >= 15 is 0 Å². The molecular formula is C22H28N3O5P. The van der Waals surface area contributed by atoms with Crippen molar-refractivity contribution in [2.45, 2.75) is 51.9 Å². The zero-order valence-electron chi connectivity index (χ0n) is 17.8. The highest BCUT2D eigenvalue weighted by atomic mass is 31.0. The molecular weight excluding hydrogens is 417 g/mol. The minimum Gasteiger partial charge on any atom is -0.474 e. The minimum absolute atomic E-state index is 0.0594. The van der Waals surface area contributed by atoms with E-state index in [1.165, 1.54) is 6.20 Å². The van der Waals surface area contributed by atoms with Crippen molar-refractivity contribution in [1.82, 2.24) is 14.8 Å². The number of carbonyl (C=O) groups excluding carboxylic acids is 2. The fraction of sp³-hybridized carbons (Fsp3) is 0.500. The Morgan fingerprint density at radius 3 is 2.94 bits per heavy atom. The fourth-order valence-corrected chi connectivity index (χ4v) is 4.95. The van der Waals surface area contributed by atoms with E-state index in [4.69, 9.17) is 9.26 Å². The van der Waals surface area contributed by atoms with Gasteiger partial charge in [-0.25, -0.2) is 0 Å². The number of ether oxygens (including phenoxy) is 1. The quantitative estimate of drug-likeness (QED) is 0.555. The summed E-state index contributed by atoms with van der Waals surface area (Å²) in [7, 11) is 2.03. The van der Waals surface area contributed by atoms with E-state index in [0.717, 1.165) is 24.8 Å². The van der Waals surface area contributed by atoms with Crippen LogP contribution in [0.1, 0.15) is 54.0 Å². The van der Waals surface area contributed by atoms with Gasteiger partial charge in [0.2, 0.25) is 5.43 Å². The lowest BCUT2D eigenvalue weighted by Crippen LogP contribution is -2.59. The first-order valence-corrected chi connectivity index (χ1v) is 11.1. The molecule has 1 unspecified atom stereocenters. The number of nitrogens with zero attached hydrogens (tertiary/aromatic N) is 2. The van der Waals surface area contributed by atoms with E-state index in [1.807, 2.05) is 41.5 Å². The Hall–Kier alpha value is -2.44. The molecule has 0 spiro atoms. The van der Waals surface area contributed by atoms with Gasteiger partial charge in [-0.3, -0.25) is 14.4 Å². The van der Waals surface area contributed by atoms with Crippen molar-refractivity contribution >= 4 is 21.3 Å².